The monoisotopic (exact) mass is 341 g/mol. The first-order chi connectivity index (χ1) is 11.8. The lowest BCUT2D eigenvalue weighted by Crippen LogP contribution is -2.41. The number of rotatable bonds is 5. The minimum atomic E-state index is 0.207. The largest absolute Gasteiger partial charge is 0.311 e. The van der Waals surface area contributed by atoms with Crippen molar-refractivity contribution in [3.8, 4) is 0 Å². The summed E-state index contributed by atoms with van der Waals surface area (Å²) in [5, 5.41) is 3.67. The molecular formula is C23H35NO. The highest BCUT2D eigenvalue weighted by Crippen LogP contribution is 2.38. The number of nitrogens with one attached hydrogen (secondary N) is 1. The fourth-order valence-electron chi connectivity index (χ4n) is 4.72. The van der Waals surface area contributed by atoms with Crippen LogP contribution in [0.2, 0.25) is 0 Å². The minimum absolute atomic E-state index is 0.207. The van der Waals surface area contributed by atoms with Gasteiger partial charge in [-0.1, -0.05) is 53.7 Å². The number of hydrogen-bond acceptors (Lipinski definition) is 2. The van der Waals surface area contributed by atoms with Gasteiger partial charge in [0.15, 0.2) is 5.78 Å². The van der Waals surface area contributed by atoms with Crippen molar-refractivity contribution in [2.75, 3.05) is 0 Å². The maximum atomic E-state index is 13.6. The molecule has 2 atom stereocenters. The minimum Gasteiger partial charge on any atom is -0.311 e. The number of fused-ring (bicyclic) bond motifs is 2. The van der Waals surface area contributed by atoms with E-state index < -0.39 is 0 Å². The number of Topliss-reactive ketones (excluding diaryl/α,β-unsaturated/α-hetero) is 1. The summed E-state index contributed by atoms with van der Waals surface area (Å²) in [6.07, 6.45) is 4.54. The zero-order valence-electron chi connectivity index (χ0n) is 16.9. The van der Waals surface area contributed by atoms with E-state index in [1.54, 1.807) is 0 Å². The molecule has 0 radical (unpaired) electrons. The van der Waals surface area contributed by atoms with Crippen LogP contribution in [0.5, 0.6) is 0 Å². The molecule has 2 nitrogen and oxygen atoms in total. The van der Waals surface area contributed by atoms with Crippen LogP contribution in [0.3, 0.4) is 0 Å². The number of carbonyl (C=O) groups excluding carboxylic acids is 1. The molecule has 2 saturated heterocycles. The van der Waals surface area contributed by atoms with Crippen molar-refractivity contribution >= 4 is 5.78 Å². The number of ketones is 1. The molecule has 0 aliphatic carbocycles. The van der Waals surface area contributed by atoms with Crippen molar-refractivity contribution in [1.29, 1.82) is 0 Å². The topological polar surface area (TPSA) is 29.1 Å². The Labute approximate surface area is 153 Å². The maximum absolute atomic E-state index is 13.6. The predicted molar refractivity (Wildman–Crippen MR) is 106 cm³/mol. The van der Waals surface area contributed by atoms with Gasteiger partial charge >= 0.3 is 0 Å². The van der Waals surface area contributed by atoms with Gasteiger partial charge in [0.1, 0.15) is 0 Å². The van der Waals surface area contributed by atoms with Gasteiger partial charge in [-0.05, 0) is 60.1 Å². The molecule has 2 heteroatoms. The highest BCUT2D eigenvalue weighted by atomic mass is 16.1. The highest BCUT2D eigenvalue weighted by molar-refractivity contribution is 6.01. The summed E-state index contributed by atoms with van der Waals surface area (Å²) in [5.41, 5.74) is 4.96. The van der Waals surface area contributed by atoms with E-state index >= 15 is 0 Å². The molecule has 2 heterocycles. The highest BCUT2D eigenvalue weighted by Gasteiger charge is 2.38. The van der Waals surface area contributed by atoms with Gasteiger partial charge in [0.2, 0.25) is 0 Å². The summed E-state index contributed by atoms with van der Waals surface area (Å²) in [6, 6.07) is 5.74. The Morgan fingerprint density at radius 3 is 1.76 bits per heavy atom. The second-order valence-electron chi connectivity index (χ2n) is 9.21. The van der Waals surface area contributed by atoms with Crippen LogP contribution in [-0.4, -0.2) is 17.9 Å². The third-order valence-corrected chi connectivity index (χ3v) is 6.22. The molecule has 2 fully saturated rings. The number of carbonyl (C=O) groups is 1. The van der Waals surface area contributed by atoms with Crippen molar-refractivity contribution in [2.24, 2.45) is 5.92 Å². The van der Waals surface area contributed by atoms with Crippen LogP contribution in [0.25, 0.3) is 0 Å². The summed E-state index contributed by atoms with van der Waals surface area (Å²) >= 11 is 0. The van der Waals surface area contributed by atoms with Gasteiger partial charge in [-0.15, -0.1) is 0 Å². The van der Waals surface area contributed by atoms with Crippen molar-refractivity contribution in [3.05, 3.63) is 34.4 Å². The molecule has 2 aliphatic rings. The van der Waals surface area contributed by atoms with E-state index in [1.165, 1.54) is 29.5 Å². The lowest BCUT2D eigenvalue weighted by molar-refractivity contribution is 0.0873. The van der Waals surface area contributed by atoms with Gasteiger partial charge in [-0.2, -0.15) is 0 Å². The normalized spacial score (nSPS) is 26.0. The third kappa shape index (κ3) is 3.69. The fraction of sp³-hybridized carbons (Fsp3) is 0.696. The van der Waals surface area contributed by atoms with Crippen LogP contribution in [0, 0.1) is 5.92 Å². The van der Waals surface area contributed by atoms with Crippen LogP contribution >= 0.6 is 0 Å². The summed E-state index contributed by atoms with van der Waals surface area (Å²) < 4.78 is 0. The number of benzene rings is 1. The van der Waals surface area contributed by atoms with Crippen LogP contribution < -0.4 is 5.32 Å². The van der Waals surface area contributed by atoms with Crippen LogP contribution in [0.4, 0.5) is 0 Å². The SMILES string of the molecule is CC(C)c1cc(C(C)C)c(C(=O)C2CC3CCC(C2)N3)c(C(C)C)c1. The van der Waals surface area contributed by atoms with Gasteiger partial charge in [-0.3, -0.25) is 4.79 Å². The van der Waals surface area contributed by atoms with E-state index in [2.05, 4.69) is 59.0 Å². The molecule has 0 aromatic heterocycles. The Balaban J connectivity index is 2.05. The molecule has 0 saturated carbocycles. The van der Waals surface area contributed by atoms with E-state index in [0.717, 1.165) is 18.4 Å². The Morgan fingerprint density at radius 1 is 0.880 bits per heavy atom. The zero-order valence-corrected chi connectivity index (χ0v) is 16.9. The van der Waals surface area contributed by atoms with Crippen LogP contribution in [0.15, 0.2) is 12.1 Å². The quantitative estimate of drug-likeness (QED) is 0.689. The Hall–Kier alpha value is -1.15. The van der Waals surface area contributed by atoms with Gasteiger partial charge < -0.3 is 5.32 Å². The Kier molecular flexibility index (Phi) is 5.39. The van der Waals surface area contributed by atoms with E-state index in [0.29, 0.717) is 35.6 Å². The van der Waals surface area contributed by atoms with Gasteiger partial charge in [0, 0.05) is 23.6 Å². The summed E-state index contributed by atoms with van der Waals surface area (Å²) in [4.78, 5) is 13.6. The molecule has 3 rings (SSSR count). The maximum Gasteiger partial charge on any atom is 0.166 e. The van der Waals surface area contributed by atoms with E-state index in [4.69, 9.17) is 0 Å². The van der Waals surface area contributed by atoms with E-state index in [-0.39, 0.29) is 5.92 Å². The van der Waals surface area contributed by atoms with Crippen molar-refractivity contribution in [1.82, 2.24) is 5.32 Å². The standard InChI is InChI=1S/C23H35NO/c1-13(2)16-11-20(14(3)4)22(21(12-16)15(5)6)23(25)17-9-18-7-8-19(10-17)24-18/h11-15,17-19,24H,7-10H2,1-6H3. The first-order valence-corrected chi connectivity index (χ1v) is 10.3. The van der Waals surface area contributed by atoms with Crippen LogP contribution in [0.1, 0.15) is 112 Å². The molecule has 0 spiro atoms. The number of piperidine rings is 1. The molecular weight excluding hydrogens is 306 g/mol. The van der Waals surface area contributed by atoms with Crippen molar-refractivity contribution < 1.29 is 4.79 Å². The molecule has 25 heavy (non-hydrogen) atoms. The van der Waals surface area contributed by atoms with Gasteiger partial charge in [-0.25, -0.2) is 0 Å². The Bertz CT molecular complexity index is 602. The summed E-state index contributed by atoms with van der Waals surface area (Å²) in [6.45, 7) is 13.4. The average Bonchev–Trinajstić information content (AvgIpc) is 2.90. The second kappa shape index (κ2) is 7.23. The second-order valence-corrected chi connectivity index (χ2v) is 9.21. The first kappa shape index (κ1) is 18.6. The smallest absolute Gasteiger partial charge is 0.166 e. The molecule has 1 aromatic carbocycles. The van der Waals surface area contributed by atoms with Crippen LogP contribution in [-0.2, 0) is 0 Å². The van der Waals surface area contributed by atoms with Crippen molar-refractivity contribution in [3.63, 3.8) is 0 Å². The van der Waals surface area contributed by atoms with Crippen molar-refractivity contribution in [2.45, 2.75) is 97.1 Å². The van der Waals surface area contributed by atoms with E-state index in [9.17, 15) is 4.79 Å². The summed E-state index contributed by atoms with van der Waals surface area (Å²) in [5.74, 6) is 1.89. The lowest BCUT2D eigenvalue weighted by atomic mass is 9.77. The first-order valence-electron chi connectivity index (χ1n) is 10.3. The molecule has 2 unspecified atom stereocenters. The summed E-state index contributed by atoms with van der Waals surface area (Å²) in [7, 11) is 0. The van der Waals surface area contributed by atoms with E-state index in [1.807, 2.05) is 0 Å². The zero-order chi connectivity index (χ0) is 18.3. The molecule has 2 bridgehead atoms. The molecule has 138 valence electrons. The fourth-order valence-corrected chi connectivity index (χ4v) is 4.72. The third-order valence-electron chi connectivity index (χ3n) is 6.22. The lowest BCUT2D eigenvalue weighted by Gasteiger charge is -2.30. The predicted octanol–water partition coefficient (Wildman–Crippen LogP) is 5.77. The van der Waals surface area contributed by atoms with Gasteiger partial charge in [0.25, 0.3) is 0 Å². The average molecular weight is 342 g/mol. The Morgan fingerprint density at radius 2 is 1.36 bits per heavy atom. The molecule has 2 aliphatic heterocycles. The molecule has 1 N–H and O–H groups in total. The van der Waals surface area contributed by atoms with Gasteiger partial charge in [0.05, 0.1) is 0 Å². The molecule has 1 aromatic rings. The molecule has 0 amide bonds. The number of hydrogen-bond donors (Lipinski definition) is 1.